The second-order valence-electron chi connectivity index (χ2n) is 3.21. The Labute approximate surface area is 91.3 Å². The molecule has 0 amide bonds. The minimum absolute atomic E-state index is 0.500. The summed E-state index contributed by atoms with van der Waals surface area (Å²) in [6.45, 7) is 0. The maximum atomic E-state index is 10.9. The monoisotopic (exact) mass is 218 g/mol. The number of aromatic nitrogens is 3. The van der Waals surface area contributed by atoms with E-state index in [1.165, 1.54) is 17.3 Å². The van der Waals surface area contributed by atoms with Gasteiger partial charge in [0.05, 0.1) is 5.69 Å². The zero-order valence-corrected chi connectivity index (χ0v) is 8.32. The number of rotatable bonds is 3. The van der Waals surface area contributed by atoms with Crippen LogP contribution >= 0.6 is 0 Å². The quantitative estimate of drug-likeness (QED) is 0.775. The summed E-state index contributed by atoms with van der Waals surface area (Å²) in [7, 11) is 0. The van der Waals surface area contributed by atoms with E-state index in [2.05, 4.69) is 10.1 Å². The predicted molar refractivity (Wildman–Crippen MR) is 55.9 cm³/mol. The molecule has 1 aromatic heterocycles. The summed E-state index contributed by atoms with van der Waals surface area (Å²) < 4.78 is 1.48. The Morgan fingerprint density at radius 1 is 1.44 bits per heavy atom. The predicted octanol–water partition coefficient (Wildman–Crippen LogP) is 0.352. The zero-order valence-electron chi connectivity index (χ0n) is 8.32. The molecule has 0 radical (unpaired) electrons. The van der Waals surface area contributed by atoms with Crippen LogP contribution in [0.4, 0.5) is 0 Å². The van der Waals surface area contributed by atoms with Crippen molar-refractivity contribution in [2.45, 2.75) is 6.04 Å². The molecule has 16 heavy (non-hydrogen) atoms. The smallest absolute Gasteiger partial charge is 0.325 e. The van der Waals surface area contributed by atoms with E-state index >= 15 is 0 Å². The summed E-state index contributed by atoms with van der Waals surface area (Å²) in [5.74, 6) is -1.08. The molecule has 1 heterocycles. The molecule has 1 aromatic carbocycles. The summed E-state index contributed by atoms with van der Waals surface area (Å²) in [4.78, 5) is 14.7. The highest BCUT2D eigenvalue weighted by atomic mass is 16.4. The number of carbonyl (C=O) groups is 1. The number of carboxylic acids is 1. The Morgan fingerprint density at radius 3 is 2.81 bits per heavy atom. The third kappa shape index (κ3) is 1.78. The number of carboxylic acid groups (broad SMARTS) is 1. The molecule has 0 aliphatic heterocycles. The molecule has 2 aromatic rings. The van der Waals surface area contributed by atoms with Gasteiger partial charge in [-0.15, -0.1) is 0 Å². The summed E-state index contributed by atoms with van der Waals surface area (Å²) >= 11 is 0. The van der Waals surface area contributed by atoms with Crippen LogP contribution in [0.15, 0.2) is 36.9 Å². The Hall–Kier alpha value is -2.21. The number of benzene rings is 1. The number of nitrogens with zero attached hydrogens (tertiary/aromatic N) is 3. The molecule has 0 saturated heterocycles. The van der Waals surface area contributed by atoms with Gasteiger partial charge in [0.15, 0.2) is 0 Å². The molecule has 82 valence electrons. The van der Waals surface area contributed by atoms with E-state index in [-0.39, 0.29) is 0 Å². The summed E-state index contributed by atoms with van der Waals surface area (Å²) in [6, 6.07) is 5.86. The van der Waals surface area contributed by atoms with Gasteiger partial charge < -0.3 is 10.8 Å². The van der Waals surface area contributed by atoms with Gasteiger partial charge in [-0.1, -0.05) is 18.2 Å². The molecule has 0 aliphatic carbocycles. The van der Waals surface area contributed by atoms with Crippen LogP contribution in [-0.4, -0.2) is 25.8 Å². The van der Waals surface area contributed by atoms with Gasteiger partial charge in [0.25, 0.3) is 0 Å². The number of aliphatic carboxylic acids is 1. The molecule has 0 spiro atoms. The molecule has 0 saturated carbocycles. The van der Waals surface area contributed by atoms with Crippen molar-refractivity contribution in [1.29, 1.82) is 0 Å². The lowest BCUT2D eigenvalue weighted by atomic mass is 10.1. The molecule has 0 bridgehead atoms. The van der Waals surface area contributed by atoms with Crippen molar-refractivity contribution >= 4 is 5.97 Å². The van der Waals surface area contributed by atoms with Crippen LogP contribution in [0.5, 0.6) is 0 Å². The molecule has 0 fully saturated rings. The first-order valence-corrected chi connectivity index (χ1v) is 4.62. The second-order valence-corrected chi connectivity index (χ2v) is 3.21. The van der Waals surface area contributed by atoms with Gasteiger partial charge in [0, 0.05) is 5.56 Å². The molecule has 1 unspecified atom stereocenters. The van der Waals surface area contributed by atoms with E-state index < -0.39 is 12.0 Å². The van der Waals surface area contributed by atoms with Crippen molar-refractivity contribution < 1.29 is 9.90 Å². The fourth-order valence-electron chi connectivity index (χ4n) is 1.42. The summed E-state index contributed by atoms with van der Waals surface area (Å²) in [5.41, 5.74) is 6.70. The molecular formula is C10H10N4O2. The first-order chi connectivity index (χ1) is 7.70. The minimum Gasteiger partial charge on any atom is -0.480 e. The molecule has 2 rings (SSSR count). The highest BCUT2D eigenvalue weighted by Gasteiger charge is 2.18. The number of para-hydroxylation sites is 1. The number of hydrogen-bond donors (Lipinski definition) is 2. The Balaban J connectivity index is 2.50. The van der Waals surface area contributed by atoms with Crippen LogP contribution in [0.2, 0.25) is 0 Å². The normalized spacial score (nSPS) is 12.3. The maximum absolute atomic E-state index is 10.9. The zero-order chi connectivity index (χ0) is 11.5. The van der Waals surface area contributed by atoms with Crippen LogP contribution in [0.3, 0.4) is 0 Å². The van der Waals surface area contributed by atoms with Crippen LogP contribution in [0.25, 0.3) is 5.69 Å². The lowest BCUT2D eigenvalue weighted by Gasteiger charge is -2.12. The highest BCUT2D eigenvalue weighted by Crippen LogP contribution is 2.19. The van der Waals surface area contributed by atoms with Gasteiger partial charge in [-0.3, -0.25) is 4.79 Å². The standard InChI is InChI=1S/C10H10N4O2/c11-9(10(15)16)7-3-1-2-4-8(7)14-6-12-5-13-14/h1-6,9H,11H2,(H,15,16). The number of nitrogens with two attached hydrogens (primary N) is 1. The summed E-state index contributed by atoms with van der Waals surface area (Å²) in [6.07, 6.45) is 2.87. The minimum atomic E-state index is -1.08. The van der Waals surface area contributed by atoms with E-state index in [0.29, 0.717) is 11.3 Å². The van der Waals surface area contributed by atoms with Crippen LogP contribution < -0.4 is 5.73 Å². The molecule has 6 heteroatoms. The molecule has 3 N–H and O–H groups in total. The van der Waals surface area contributed by atoms with E-state index in [0.717, 1.165) is 0 Å². The van der Waals surface area contributed by atoms with E-state index in [9.17, 15) is 4.79 Å². The van der Waals surface area contributed by atoms with Crippen LogP contribution in [0, 0.1) is 0 Å². The van der Waals surface area contributed by atoms with Crippen LogP contribution in [0.1, 0.15) is 11.6 Å². The van der Waals surface area contributed by atoms with E-state index in [1.54, 1.807) is 24.3 Å². The Kier molecular flexibility index (Phi) is 2.65. The van der Waals surface area contributed by atoms with Crippen molar-refractivity contribution in [2.75, 3.05) is 0 Å². The Morgan fingerprint density at radius 2 is 2.19 bits per heavy atom. The SMILES string of the molecule is NC(C(=O)O)c1ccccc1-n1cncn1. The average Bonchev–Trinajstić information content (AvgIpc) is 2.81. The molecule has 1 atom stereocenters. The molecule has 6 nitrogen and oxygen atoms in total. The van der Waals surface area contributed by atoms with Crippen molar-refractivity contribution in [2.24, 2.45) is 5.73 Å². The second kappa shape index (κ2) is 4.11. The first-order valence-electron chi connectivity index (χ1n) is 4.62. The Bertz CT molecular complexity index is 495. The van der Waals surface area contributed by atoms with Crippen LogP contribution in [-0.2, 0) is 4.79 Å². The third-order valence-corrected chi connectivity index (χ3v) is 2.20. The van der Waals surface area contributed by atoms with Crippen molar-refractivity contribution in [3.63, 3.8) is 0 Å². The molecule has 0 aliphatic rings. The van der Waals surface area contributed by atoms with E-state index in [1.807, 2.05) is 0 Å². The lowest BCUT2D eigenvalue weighted by molar-refractivity contribution is -0.138. The van der Waals surface area contributed by atoms with Gasteiger partial charge in [0.2, 0.25) is 0 Å². The third-order valence-electron chi connectivity index (χ3n) is 2.20. The van der Waals surface area contributed by atoms with Gasteiger partial charge >= 0.3 is 5.97 Å². The molecular weight excluding hydrogens is 208 g/mol. The lowest BCUT2D eigenvalue weighted by Crippen LogP contribution is -2.22. The van der Waals surface area contributed by atoms with Gasteiger partial charge in [0.1, 0.15) is 18.7 Å². The van der Waals surface area contributed by atoms with Gasteiger partial charge in [-0.2, -0.15) is 5.10 Å². The topological polar surface area (TPSA) is 94.0 Å². The largest absolute Gasteiger partial charge is 0.480 e. The fourth-order valence-corrected chi connectivity index (χ4v) is 1.42. The summed E-state index contributed by atoms with van der Waals surface area (Å²) in [5, 5.41) is 12.8. The van der Waals surface area contributed by atoms with Crippen molar-refractivity contribution in [1.82, 2.24) is 14.8 Å². The highest BCUT2D eigenvalue weighted by molar-refractivity contribution is 5.76. The van der Waals surface area contributed by atoms with Gasteiger partial charge in [-0.25, -0.2) is 9.67 Å². The van der Waals surface area contributed by atoms with E-state index in [4.69, 9.17) is 10.8 Å². The van der Waals surface area contributed by atoms with Gasteiger partial charge in [-0.05, 0) is 6.07 Å². The number of hydrogen-bond acceptors (Lipinski definition) is 4. The maximum Gasteiger partial charge on any atom is 0.325 e. The first kappa shape index (κ1) is 10.3. The average molecular weight is 218 g/mol. The fraction of sp³-hybridized carbons (Fsp3) is 0.100. The van der Waals surface area contributed by atoms with Crippen molar-refractivity contribution in [3.8, 4) is 5.69 Å². The van der Waals surface area contributed by atoms with Crippen molar-refractivity contribution in [3.05, 3.63) is 42.5 Å².